The second kappa shape index (κ2) is 9.39. The predicted molar refractivity (Wildman–Crippen MR) is 103 cm³/mol. The number of carbonyl (C=O) groups is 1. The van der Waals surface area contributed by atoms with E-state index in [2.05, 4.69) is 29.6 Å². The minimum atomic E-state index is 0.0389. The molecule has 1 aliphatic heterocycles. The second-order valence-corrected chi connectivity index (χ2v) is 7.11. The van der Waals surface area contributed by atoms with Crippen LogP contribution in [0.4, 0.5) is 0 Å². The lowest BCUT2D eigenvalue weighted by Crippen LogP contribution is -3.11. The Morgan fingerprint density at radius 2 is 1.54 bits per heavy atom. The van der Waals surface area contributed by atoms with Gasteiger partial charge < -0.3 is 15.0 Å². The Hall–Kier alpha value is -2.33. The van der Waals surface area contributed by atoms with Crippen LogP contribution in [0.15, 0.2) is 48.5 Å². The summed E-state index contributed by atoms with van der Waals surface area (Å²) in [5, 5.41) is 3.00. The van der Waals surface area contributed by atoms with Gasteiger partial charge in [0.05, 0.1) is 26.6 Å². The number of carbonyl (C=O) groups excluding carboxylic acids is 1. The van der Waals surface area contributed by atoms with Gasteiger partial charge in [0.15, 0.2) is 0 Å². The lowest BCUT2D eigenvalue weighted by Gasteiger charge is -2.23. The van der Waals surface area contributed by atoms with Gasteiger partial charge in [-0.15, -0.1) is 0 Å². The van der Waals surface area contributed by atoms with Crippen molar-refractivity contribution in [3.8, 4) is 5.75 Å². The van der Waals surface area contributed by atoms with E-state index < -0.39 is 0 Å². The maximum atomic E-state index is 12.1. The van der Waals surface area contributed by atoms with E-state index in [1.165, 1.54) is 37.9 Å². The highest BCUT2D eigenvalue weighted by atomic mass is 16.5. The molecule has 0 saturated carbocycles. The molecule has 2 aromatic carbocycles. The first-order valence-corrected chi connectivity index (χ1v) is 9.54. The van der Waals surface area contributed by atoms with Crippen molar-refractivity contribution in [2.75, 3.05) is 20.2 Å². The first kappa shape index (κ1) is 18.5. The summed E-state index contributed by atoms with van der Waals surface area (Å²) in [6, 6.07) is 16.3. The van der Waals surface area contributed by atoms with Crippen LogP contribution in [0.25, 0.3) is 0 Å². The minimum absolute atomic E-state index is 0.0389. The topological polar surface area (TPSA) is 42.8 Å². The molecule has 0 bridgehead atoms. The number of likely N-dealkylation sites (tertiary alicyclic amines) is 1. The largest absolute Gasteiger partial charge is 0.497 e. The Labute approximate surface area is 156 Å². The third kappa shape index (κ3) is 5.60. The van der Waals surface area contributed by atoms with E-state index in [9.17, 15) is 4.79 Å². The fourth-order valence-corrected chi connectivity index (χ4v) is 3.48. The number of hydrogen-bond acceptors (Lipinski definition) is 2. The van der Waals surface area contributed by atoms with Crippen LogP contribution in [0, 0.1) is 0 Å². The molecule has 0 atom stereocenters. The van der Waals surface area contributed by atoms with Gasteiger partial charge in [0.2, 0.25) is 5.91 Å². The lowest BCUT2D eigenvalue weighted by atomic mass is 10.1. The molecule has 1 saturated heterocycles. The van der Waals surface area contributed by atoms with Crippen molar-refractivity contribution in [1.29, 1.82) is 0 Å². The first-order valence-electron chi connectivity index (χ1n) is 9.54. The first-order chi connectivity index (χ1) is 12.7. The molecule has 0 aliphatic carbocycles. The number of benzene rings is 2. The van der Waals surface area contributed by atoms with E-state index in [0.29, 0.717) is 13.0 Å². The van der Waals surface area contributed by atoms with Crippen LogP contribution < -0.4 is 15.0 Å². The summed E-state index contributed by atoms with van der Waals surface area (Å²) in [6.45, 7) is 4.28. The predicted octanol–water partition coefficient (Wildman–Crippen LogP) is 2.12. The zero-order valence-electron chi connectivity index (χ0n) is 15.6. The highest BCUT2D eigenvalue weighted by Crippen LogP contribution is 2.11. The molecule has 1 fully saturated rings. The fourth-order valence-electron chi connectivity index (χ4n) is 3.48. The molecule has 0 unspecified atom stereocenters. The number of piperidine rings is 1. The van der Waals surface area contributed by atoms with Crippen molar-refractivity contribution in [1.82, 2.24) is 5.32 Å². The summed E-state index contributed by atoms with van der Waals surface area (Å²) in [4.78, 5) is 13.8. The highest BCUT2D eigenvalue weighted by molar-refractivity contribution is 5.78. The van der Waals surface area contributed by atoms with Crippen LogP contribution in [0.2, 0.25) is 0 Å². The summed E-state index contributed by atoms with van der Waals surface area (Å²) in [6.07, 6.45) is 4.49. The number of rotatable bonds is 7. The summed E-state index contributed by atoms with van der Waals surface area (Å²) in [5.74, 6) is 0.845. The molecule has 2 N–H and O–H groups in total. The van der Waals surface area contributed by atoms with Crippen molar-refractivity contribution in [2.45, 2.75) is 38.8 Å². The number of methoxy groups -OCH3 is 1. The summed E-state index contributed by atoms with van der Waals surface area (Å²) < 4.78 is 5.13. The number of ether oxygens (including phenoxy) is 1. The monoisotopic (exact) mass is 353 g/mol. The average molecular weight is 353 g/mol. The van der Waals surface area contributed by atoms with E-state index in [0.717, 1.165) is 23.4 Å². The molecule has 26 heavy (non-hydrogen) atoms. The average Bonchev–Trinajstić information content (AvgIpc) is 2.69. The van der Waals surface area contributed by atoms with Crippen LogP contribution in [0.5, 0.6) is 5.75 Å². The zero-order chi connectivity index (χ0) is 18.2. The fraction of sp³-hybridized carbons (Fsp3) is 0.409. The Morgan fingerprint density at radius 1 is 0.923 bits per heavy atom. The number of hydrogen-bond donors (Lipinski definition) is 2. The molecule has 4 nitrogen and oxygen atoms in total. The molecule has 3 rings (SSSR count). The molecule has 1 amide bonds. The van der Waals surface area contributed by atoms with Crippen molar-refractivity contribution in [3.05, 3.63) is 65.2 Å². The van der Waals surface area contributed by atoms with Crippen LogP contribution in [0.3, 0.4) is 0 Å². The maximum Gasteiger partial charge on any atom is 0.224 e. The minimum Gasteiger partial charge on any atom is -0.497 e. The van der Waals surface area contributed by atoms with E-state index in [-0.39, 0.29) is 5.91 Å². The molecule has 0 aromatic heterocycles. The smallest absolute Gasteiger partial charge is 0.224 e. The number of nitrogens with one attached hydrogen (secondary N) is 2. The van der Waals surface area contributed by atoms with Gasteiger partial charge in [-0.3, -0.25) is 4.79 Å². The molecule has 0 spiro atoms. The zero-order valence-corrected chi connectivity index (χ0v) is 15.6. The van der Waals surface area contributed by atoms with Crippen molar-refractivity contribution in [3.63, 3.8) is 0 Å². The molecular weight excluding hydrogens is 324 g/mol. The molecule has 1 heterocycles. The van der Waals surface area contributed by atoms with Crippen molar-refractivity contribution >= 4 is 5.91 Å². The van der Waals surface area contributed by atoms with Gasteiger partial charge in [0.25, 0.3) is 0 Å². The lowest BCUT2D eigenvalue weighted by molar-refractivity contribution is -0.918. The Kier molecular flexibility index (Phi) is 6.67. The van der Waals surface area contributed by atoms with E-state index in [1.807, 2.05) is 24.3 Å². The van der Waals surface area contributed by atoms with Crippen molar-refractivity contribution < 1.29 is 14.4 Å². The Morgan fingerprint density at radius 3 is 2.19 bits per heavy atom. The van der Waals surface area contributed by atoms with Gasteiger partial charge >= 0.3 is 0 Å². The quantitative estimate of drug-likeness (QED) is 0.801. The molecule has 4 heteroatoms. The third-order valence-corrected chi connectivity index (χ3v) is 5.05. The SMILES string of the molecule is COc1ccc(CC(=O)NCc2ccc(C[NH+]3CCCCC3)cc2)cc1. The Balaban J connectivity index is 1.44. The van der Waals surface area contributed by atoms with E-state index >= 15 is 0 Å². The van der Waals surface area contributed by atoms with Crippen LogP contribution in [-0.2, 0) is 24.3 Å². The van der Waals surface area contributed by atoms with Gasteiger partial charge in [0, 0.05) is 12.1 Å². The Bertz CT molecular complexity index is 689. The molecule has 1 aliphatic rings. The molecule has 138 valence electrons. The normalized spacial score (nSPS) is 14.8. The standard InChI is InChI=1S/C22H28N2O2/c1-26-21-11-9-18(10-12-21)15-22(25)23-16-19-5-7-20(8-6-19)17-24-13-3-2-4-14-24/h5-12H,2-4,13-17H2,1H3,(H,23,25)/p+1. The third-order valence-electron chi connectivity index (χ3n) is 5.05. The van der Waals surface area contributed by atoms with E-state index in [4.69, 9.17) is 4.74 Å². The van der Waals surface area contributed by atoms with E-state index in [1.54, 1.807) is 12.0 Å². The summed E-state index contributed by atoms with van der Waals surface area (Å²) >= 11 is 0. The van der Waals surface area contributed by atoms with Gasteiger partial charge in [-0.05, 0) is 42.5 Å². The highest BCUT2D eigenvalue weighted by Gasteiger charge is 2.13. The second-order valence-electron chi connectivity index (χ2n) is 7.11. The maximum absolute atomic E-state index is 12.1. The van der Waals surface area contributed by atoms with Crippen LogP contribution in [0.1, 0.15) is 36.0 Å². The summed E-state index contributed by atoms with van der Waals surface area (Å²) in [7, 11) is 1.64. The molecule has 2 aromatic rings. The van der Waals surface area contributed by atoms with Gasteiger partial charge in [0.1, 0.15) is 12.3 Å². The van der Waals surface area contributed by atoms with Crippen molar-refractivity contribution in [2.24, 2.45) is 0 Å². The molecule has 0 radical (unpaired) electrons. The van der Waals surface area contributed by atoms with Crippen LogP contribution in [-0.4, -0.2) is 26.1 Å². The molecular formula is C22H29N2O2+. The number of quaternary nitrogens is 1. The van der Waals surface area contributed by atoms with Gasteiger partial charge in [-0.2, -0.15) is 0 Å². The van der Waals surface area contributed by atoms with Crippen LogP contribution >= 0.6 is 0 Å². The number of amides is 1. The summed E-state index contributed by atoms with van der Waals surface area (Å²) in [5.41, 5.74) is 3.52. The van der Waals surface area contributed by atoms with Gasteiger partial charge in [-0.25, -0.2) is 0 Å². The van der Waals surface area contributed by atoms with Gasteiger partial charge in [-0.1, -0.05) is 36.4 Å².